The number of hydrogen-bond acceptors (Lipinski definition) is 10. The Balaban J connectivity index is -0.000000199. The van der Waals surface area contributed by atoms with Gasteiger partial charge in [0.2, 0.25) is 6.16 Å². The van der Waals surface area contributed by atoms with Crippen LogP contribution in [0.25, 0.3) is 0 Å². The Hall–Kier alpha value is -0.200. The number of carbonyl (C=O) groups excluding carboxylic acids is 1. The molecule has 0 unspecified atom stereocenters. The Kier molecular flexibility index (Phi) is 40.0. The summed E-state index contributed by atoms with van der Waals surface area (Å²) in [6, 6.07) is 14.8. The molecular formula is C29H43Na3O12S2. The molecule has 0 radical (unpaired) electrons. The quantitative estimate of drug-likeness (QED) is 0.0765. The third kappa shape index (κ3) is 33.7. The van der Waals surface area contributed by atoms with Crippen LogP contribution in [0.15, 0.2) is 64.4 Å². The first-order valence-corrected chi connectivity index (χ1v) is 16.7. The van der Waals surface area contributed by atoms with E-state index in [1.54, 1.807) is 48.5 Å². The van der Waals surface area contributed by atoms with E-state index in [4.69, 9.17) is 38.8 Å². The summed E-state index contributed by atoms with van der Waals surface area (Å²) in [5, 5.41) is 32.0. The van der Waals surface area contributed by atoms with Crippen LogP contribution in [0.4, 0.5) is 9.59 Å². The normalized spacial score (nSPS) is 10.0. The number of hydrogen-bond donors (Lipinski definition) is 2. The summed E-state index contributed by atoms with van der Waals surface area (Å²) in [7, 11) is -7.65. The van der Waals surface area contributed by atoms with Crippen LogP contribution < -0.4 is 104 Å². The zero-order valence-corrected chi connectivity index (χ0v) is 35.5. The van der Waals surface area contributed by atoms with Gasteiger partial charge in [0.05, 0.1) is 16.4 Å². The van der Waals surface area contributed by atoms with Gasteiger partial charge in [-0.05, 0) is 42.3 Å². The molecule has 2 aromatic rings. The van der Waals surface area contributed by atoms with Gasteiger partial charge in [-0.25, -0.2) is 0 Å². The molecule has 0 aromatic heterocycles. The van der Waals surface area contributed by atoms with Gasteiger partial charge in [-0.2, -0.15) is 16.8 Å². The summed E-state index contributed by atoms with van der Waals surface area (Å²) in [6.07, 6.45) is 7.85. The number of rotatable bonds is 15. The number of carbonyl (C=O) groups is 2. The number of carboxylic acid groups (broad SMARTS) is 4. The summed E-state index contributed by atoms with van der Waals surface area (Å²) in [6.45, 7) is 6.28. The molecule has 0 amide bonds. The largest absolute Gasteiger partial charge is 1.00 e. The first kappa shape index (κ1) is 55.2. The summed E-state index contributed by atoms with van der Waals surface area (Å²) in [5.74, 6) is 0.0816. The van der Waals surface area contributed by atoms with Gasteiger partial charge in [0, 0.05) is 0 Å². The van der Waals surface area contributed by atoms with E-state index in [1.165, 1.54) is 57.4 Å². The molecule has 0 saturated heterocycles. The second-order valence-electron chi connectivity index (χ2n) is 9.45. The maximum atomic E-state index is 11.9. The molecule has 0 aliphatic carbocycles. The average molecular weight is 717 g/mol. The van der Waals surface area contributed by atoms with Crippen molar-refractivity contribution in [1.82, 2.24) is 0 Å². The van der Waals surface area contributed by atoms with Crippen LogP contribution in [0.5, 0.6) is 0 Å². The van der Waals surface area contributed by atoms with Gasteiger partial charge in [-0.15, -0.1) is 0 Å². The number of benzene rings is 2. The maximum Gasteiger partial charge on any atom is 1.00 e. The molecule has 0 fully saturated rings. The second kappa shape index (κ2) is 33.3. The molecule has 0 aliphatic rings. The Bertz CT molecular complexity index is 1230. The molecule has 12 nitrogen and oxygen atoms in total. The van der Waals surface area contributed by atoms with Crippen molar-refractivity contribution in [2.75, 3.05) is 6.61 Å². The molecule has 0 aliphatic heterocycles. The minimum absolute atomic E-state index is 0. The van der Waals surface area contributed by atoms with Gasteiger partial charge in [0.25, 0.3) is 20.2 Å². The van der Waals surface area contributed by atoms with E-state index in [0.29, 0.717) is 5.56 Å². The minimum Gasteiger partial charge on any atom is -0.652 e. The van der Waals surface area contributed by atoms with E-state index >= 15 is 0 Å². The van der Waals surface area contributed by atoms with Crippen LogP contribution in [-0.4, -0.2) is 45.4 Å². The molecule has 246 valence electrons. The van der Waals surface area contributed by atoms with Crippen molar-refractivity contribution in [3.63, 3.8) is 0 Å². The molecular weight excluding hydrogens is 673 g/mol. The van der Waals surface area contributed by atoms with Gasteiger partial charge in [-0.1, -0.05) is 115 Å². The van der Waals surface area contributed by atoms with Crippen LogP contribution in [0.1, 0.15) is 96.5 Å². The van der Waals surface area contributed by atoms with Crippen molar-refractivity contribution in [2.45, 2.75) is 101 Å². The van der Waals surface area contributed by atoms with Crippen molar-refractivity contribution in [1.29, 1.82) is 0 Å². The third-order valence-electron chi connectivity index (χ3n) is 5.59. The first-order valence-electron chi connectivity index (χ1n) is 13.8. The molecule has 46 heavy (non-hydrogen) atoms. The van der Waals surface area contributed by atoms with Crippen molar-refractivity contribution in [2.24, 2.45) is 0 Å². The SMILES string of the molecule is CC(C)c1ccccc1S(=O)(=O)O.CCCCCCCCCCCCOS(=O)(=O)c1ccccc1.O=C([O-])O.O=C([O-])[O-].[Na+].[Na+].[Na+]. The Morgan fingerprint density at radius 1 is 0.717 bits per heavy atom. The van der Waals surface area contributed by atoms with Crippen LogP contribution in [0.2, 0.25) is 0 Å². The van der Waals surface area contributed by atoms with E-state index in [9.17, 15) is 16.8 Å². The van der Waals surface area contributed by atoms with Gasteiger partial charge < -0.3 is 30.0 Å². The first-order chi connectivity index (χ1) is 20.1. The van der Waals surface area contributed by atoms with Crippen LogP contribution in [0.3, 0.4) is 0 Å². The van der Waals surface area contributed by atoms with Gasteiger partial charge in [0.1, 0.15) is 0 Å². The van der Waals surface area contributed by atoms with E-state index in [-0.39, 0.29) is 111 Å². The molecule has 0 atom stereocenters. The zero-order chi connectivity index (χ0) is 33.3. The predicted octanol–water partition coefficient (Wildman–Crippen LogP) is -5.18. The summed E-state index contributed by atoms with van der Waals surface area (Å²) >= 11 is 0. The fourth-order valence-corrected chi connectivity index (χ4v) is 5.42. The maximum absolute atomic E-state index is 11.9. The second-order valence-corrected chi connectivity index (χ2v) is 12.5. The average Bonchev–Trinajstić information content (AvgIpc) is 2.91. The molecule has 0 bridgehead atoms. The van der Waals surface area contributed by atoms with Crippen molar-refractivity contribution >= 4 is 32.5 Å². The fraction of sp³-hybridized carbons (Fsp3) is 0.517. The summed E-state index contributed by atoms with van der Waals surface area (Å²) in [4.78, 5) is 17.0. The third-order valence-corrected chi connectivity index (χ3v) is 7.84. The van der Waals surface area contributed by atoms with Crippen molar-refractivity contribution in [3.8, 4) is 0 Å². The van der Waals surface area contributed by atoms with E-state index in [1.807, 2.05) is 13.8 Å². The summed E-state index contributed by atoms with van der Waals surface area (Å²) < 4.78 is 59.5. The smallest absolute Gasteiger partial charge is 0.652 e. The molecule has 17 heteroatoms. The van der Waals surface area contributed by atoms with Gasteiger partial charge in [-0.3, -0.25) is 8.74 Å². The van der Waals surface area contributed by atoms with Gasteiger partial charge in [0.15, 0.2) is 0 Å². The Labute approximate surface area is 340 Å². The van der Waals surface area contributed by atoms with Crippen LogP contribution in [0, 0.1) is 0 Å². The monoisotopic (exact) mass is 716 g/mol. The predicted molar refractivity (Wildman–Crippen MR) is 155 cm³/mol. The van der Waals surface area contributed by atoms with E-state index in [0.717, 1.165) is 12.8 Å². The molecule has 2 N–H and O–H groups in total. The molecule has 2 rings (SSSR count). The summed E-state index contributed by atoms with van der Waals surface area (Å²) in [5.41, 5.74) is 0.644. The van der Waals surface area contributed by atoms with E-state index in [2.05, 4.69) is 6.92 Å². The Morgan fingerprint density at radius 3 is 1.46 bits per heavy atom. The topological polar surface area (TPSA) is 221 Å². The van der Waals surface area contributed by atoms with Crippen LogP contribution in [-0.2, 0) is 24.4 Å². The number of unbranched alkanes of at least 4 members (excludes halogenated alkanes) is 9. The Morgan fingerprint density at radius 2 is 1.09 bits per heavy atom. The fourth-order valence-electron chi connectivity index (χ4n) is 3.61. The van der Waals surface area contributed by atoms with E-state index < -0.39 is 32.5 Å². The van der Waals surface area contributed by atoms with Crippen LogP contribution >= 0.6 is 0 Å². The minimum atomic E-state index is -4.08. The van der Waals surface area contributed by atoms with Crippen molar-refractivity contribution < 1.29 is 144 Å². The molecule has 0 saturated carbocycles. The molecule has 2 aromatic carbocycles. The molecule has 0 spiro atoms. The van der Waals surface area contributed by atoms with Crippen molar-refractivity contribution in [3.05, 3.63) is 60.2 Å². The zero-order valence-electron chi connectivity index (χ0n) is 27.8. The standard InChI is InChI=1S/C18H30O3S.C9H12O3S.2CH2O3.3Na/c1-2-3-4-5-6-7-8-9-10-14-17-21-22(19,20)18-15-12-11-13-16-18;1-7(2)8-5-3-4-6-9(8)13(10,11)12;2*2-1(3)4;;;/h11-13,15-16H,2-10,14,17H2,1H3;3-7H,1-2H3,(H,10,11,12);2*(H2,2,3,4);;;/q;;;;3*+1/p-3. The molecule has 0 heterocycles. The van der Waals surface area contributed by atoms with Gasteiger partial charge >= 0.3 is 88.7 Å².